The summed E-state index contributed by atoms with van der Waals surface area (Å²) in [7, 11) is 0. The number of piperidine rings is 1. The van der Waals surface area contributed by atoms with Gasteiger partial charge in [-0.25, -0.2) is 4.79 Å². The number of carbonyl (C=O) groups is 1. The fourth-order valence-electron chi connectivity index (χ4n) is 2.41. The maximum Gasteiger partial charge on any atom is 0.337 e. The maximum absolute atomic E-state index is 11.2. The van der Waals surface area contributed by atoms with Crippen molar-refractivity contribution in [2.45, 2.75) is 25.3 Å². The molecule has 1 aromatic carbocycles. The number of rotatable bonds is 3. The number of hydrogen-bond acceptors (Lipinski definition) is 3. The molecule has 1 saturated heterocycles. The van der Waals surface area contributed by atoms with Crippen molar-refractivity contribution in [1.82, 2.24) is 0 Å². The van der Waals surface area contributed by atoms with Gasteiger partial charge < -0.3 is 15.1 Å². The number of benzene rings is 1. The third-order valence-electron chi connectivity index (χ3n) is 3.28. The Balaban J connectivity index is 2.34. The van der Waals surface area contributed by atoms with Crippen LogP contribution >= 0.6 is 0 Å². The Hall–Kier alpha value is -1.55. The molecule has 0 saturated carbocycles. The minimum atomic E-state index is -0.914. The molecule has 1 heterocycles. The Morgan fingerprint density at radius 1 is 1.35 bits per heavy atom. The topological polar surface area (TPSA) is 60.8 Å². The first-order chi connectivity index (χ1) is 8.24. The highest BCUT2D eigenvalue weighted by molar-refractivity contribution is 5.94. The van der Waals surface area contributed by atoms with Gasteiger partial charge in [-0.2, -0.15) is 0 Å². The molecule has 2 rings (SSSR count). The molecule has 1 aromatic rings. The van der Waals surface area contributed by atoms with E-state index < -0.39 is 5.97 Å². The van der Waals surface area contributed by atoms with E-state index in [-0.39, 0.29) is 12.6 Å². The number of aliphatic hydroxyl groups is 1. The van der Waals surface area contributed by atoms with Gasteiger partial charge in [0, 0.05) is 6.54 Å². The van der Waals surface area contributed by atoms with Gasteiger partial charge >= 0.3 is 5.97 Å². The second kappa shape index (κ2) is 5.19. The number of hydrogen-bond donors (Lipinski definition) is 2. The smallest absolute Gasteiger partial charge is 0.337 e. The van der Waals surface area contributed by atoms with Crippen molar-refractivity contribution < 1.29 is 15.0 Å². The van der Waals surface area contributed by atoms with Crippen LogP contribution in [0.4, 0.5) is 5.69 Å². The van der Waals surface area contributed by atoms with Crippen molar-refractivity contribution in [3.63, 3.8) is 0 Å². The highest BCUT2D eigenvalue weighted by Crippen LogP contribution is 2.27. The molecule has 17 heavy (non-hydrogen) atoms. The summed E-state index contributed by atoms with van der Waals surface area (Å²) in [5.74, 6) is -0.914. The molecule has 0 bridgehead atoms. The van der Waals surface area contributed by atoms with Gasteiger partial charge in [-0.3, -0.25) is 0 Å². The van der Waals surface area contributed by atoms with E-state index in [0.29, 0.717) is 5.56 Å². The zero-order valence-corrected chi connectivity index (χ0v) is 9.67. The van der Waals surface area contributed by atoms with Gasteiger partial charge in [0.15, 0.2) is 0 Å². The van der Waals surface area contributed by atoms with E-state index >= 15 is 0 Å². The molecule has 1 atom stereocenters. The van der Waals surface area contributed by atoms with Crippen LogP contribution in [0.15, 0.2) is 24.3 Å². The Morgan fingerprint density at radius 3 is 2.82 bits per heavy atom. The van der Waals surface area contributed by atoms with Crippen LogP contribution in [0.1, 0.15) is 29.6 Å². The van der Waals surface area contributed by atoms with Gasteiger partial charge in [0.25, 0.3) is 0 Å². The van der Waals surface area contributed by atoms with Gasteiger partial charge in [0.1, 0.15) is 0 Å². The van der Waals surface area contributed by atoms with E-state index in [1.165, 1.54) is 0 Å². The zero-order valence-electron chi connectivity index (χ0n) is 9.67. The molecule has 0 spiro atoms. The molecule has 1 aliphatic rings. The summed E-state index contributed by atoms with van der Waals surface area (Å²) in [5, 5.41) is 18.5. The third-order valence-corrected chi connectivity index (χ3v) is 3.28. The SMILES string of the molecule is O=C(O)c1ccccc1N1CCCCC1CO. The molecular weight excluding hydrogens is 218 g/mol. The van der Waals surface area contributed by atoms with Crippen LogP contribution in [0.5, 0.6) is 0 Å². The molecule has 1 fully saturated rings. The van der Waals surface area contributed by atoms with Crippen LogP contribution in [-0.4, -0.2) is 35.4 Å². The number of anilines is 1. The molecule has 0 radical (unpaired) electrons. The number of carboxylic acid groups (broad SMARTS) is 1. The van der Waals surface area contributed by atoms with Crippen molar-refractivity contribution >= 4 is 11.7 Å². The predicted octanol–water partition coefficient (Wildman–Crippen LogP) is 1.74. The van der Waals surface area contributed by atoms with Crippen LogP contribution in [0, 0.1) is 0 Å². The summed E-state index contributed by atoms with van der Waals surface area (Å²) in [6.07, 6.45) is 3.06. The minimum absolute atomic E-state index is 0.0456. The van der Waals surface area contributed by atoms with Crippen LogP contribution in [0.25, 0.3) is 0 Å². The molecule has 1 aliphatic heterocycles. The molecule has 2 N–H and O–H groups in total. The van der Waals surface area contributed by atoms with E-state index in [2.05, 4.69) is 0 Å². The summed E-state index contributed by atoms with van der Waals surface area (Å²) >= 11 is 0. The first-order valence-corrected chi connectivity index (χ1v) is 5.94. The Morgan fingerprint density at radius 2 is 2.12 bits per heavy atom. The first-order valence-electron chi connectivity index (χ1n) is 5.94. The van der Waals surface area contributed by atoms with Crippen molar-refractivity contribution in [1.29, 1.82) is 0 Å². The third kappa shape index (κ3) is 2.42. The Kier molecular flexibility index (Phi) is 3.64. The molecule has 0 aliphatic carbocycles. The van der Waals surface area contributed by atoms with Gasteiger partial charge in [-0.15, -0.1) is 0 Å². The molecule has 4 heteroatoms. The molecule has 92 valence electrons. The van der Waals surface area contributed by atoms with E-state index in [1.54, 1.807) is 12.1 Å². The van der Waals surface area contributed by atoms with Crippen LogP contribution < -0.4 is 4.90 Å². The number of aromatic carboxylic acids is 1. The van der Waals surface area contributed by atoms with Crippen LogP contribution in [0.2, 0.25) is 0 Å². The monoisotopic (exact) mass is 235 g/mol. The van der Waals surface area contributed by atoms with Crippen molar-refractivity contribution in [2.75, 3.05) is 18.1 Å². The van der Waals surface area contributed by atoms with Gasteiger partial charge in [-0.1, -0.05) is 12.1 Å². The molecule has 0 aromatic heterocycles. The number of nitrogens with zero attached hydrogens (tertiary/aromatic N) is 1. The molecule has 4 nitrogen and oxygen atoms in total. The number of aliphatic hydroxyl groups excluding tert-OH is 1. The average Bonchev–Trinajstić information content (AvgIpc) is 2.38. The quantitative estimate of drug-likeness (QED) is 0.837. The summed E-state index contributed by atoms with van der Waals surface area (Å²) in [5.41, 5.74) is 1.03. The predicted molar refractivity (Wildman–Crippen MR) is 65.5 cm³/mol. The minimum Gasteiger partial charge on any atom is -0.478 e. The van der Waals surface area contributed by atoms with E-state index in [9.17, 15) is 9.90 Å². The van der Waals surface area contributed by atoms with E-state index in [0.717, 1.165) is 31.5 Å². The van der Waals surface area contributed by atoms with Crippen molar-refractivity contribution in [3.05, 3.63) is 29.8 Å². The highest BCUT2D eigenvalue weighted by atomic mass is 16.4. The maximum atomic E-state index is 11.2. The standard InChI is InChI=1S/C13H17NO3/c15-9-10-5-3-4-8-14(10)12-7-2-1-6-11(12)13(16)17/h1-2,6-7,10,15H,3-5,8-9H2,(H,16,17). The lowest BCUT2D eigenvalue weighted by molar-refractivity contribution is 0.0697. The second-order valence-electron chi connectivity index (χ2n) is 4.35. The second-order valence-corrected chi connectivity index (χ2v) is 4.35. The largest absolute Gasteiger partial charge is 0.478 e. The first kappa shape index (κ1) is 11.9. The Labute approximate surface area is 100 Å². The summed E-state index contributed by atoms with van der Waals surface area (Å²) < 4.78 is 0. The number of carboxylic acids is 1. The summed E-state index contributed by atoms with van der Waals surface area (Å²) in [4.78, 5) is 13.2. The average molecular weight is 235 g/mol. The summed E-state index contributed by atoms with van der Waals surface area (Å²) in [6, 6.07) is 7.04. The van der Waals surface area contributed by atoms with E-state index in [4.69, 9.17) is 5.11 Å². The molecule has 0 amide bonds. The number of para-hydroxylation sites is 1. The van der Waals surface area contributed by atoms with Gasteiger partial charge in [0.05, 0.1) is 23.9 Å². The van der Waals surface area contributed by atoms with Crippen molar-refractivity contribution in [3.8, 4) is 0 Å². The lowest BCUT2D eigenvalue weighted by Crippen LogP contribution is -2.42. The zero-order chi connectivity index (χ0) is 12.3. The molecular formula is C13H17NO3. The normalized spacial score (nSPS) is 20.3. The highest BCUT2D eigenvalue weighted by Gasteiger charge is 2.24. The lowest BCUT2D eigenvalue weighted by atomic mass is 10.0. The van der Waals surface area contributed by atoms with Crippen LogP contribution in [0.3, 0.4) is 0 Å². The van der Waals surface area contributed by atoms with Crippen molar-refractivity contribution in [2.24, 2.45) is 0 Å². The van der Waals surface area contributed by atoms with Crippen LogP contribution in [-0.2, 0) is 0 Å². The molecule has 1 unspecified atom stereocenters. The Bertz CT molecular complexity index is 405. The van der Waals surface area contributed by atoms with Gasteiger partial charge in [-0.05, 0) is 31.4 Å². The van der Waals surface area contributed by atoms with E-state index in [1.807, 2.05) is 17.0 Å². The fourth-order valence-corrected chi connectivity index (χ4v) is 2.41. The summed E-state index contributed by atoms with van der Waals surface area (Å²) in [6.45, 7) is 0.892. The lowest BCUT2D eigenvalue weighted by Gasteiger charge is -2.37. The van der Waals surface area contributed by atoms with Gasteiger partial charge in [0.2, 0.25) is 0 Å². The fraction of sp³-hybridized carbons (Fsp3) is 0.462.